The molecule has 21 heavy (non-hydrogen) atoms. The third-order valence-electron chi connectivity index (χ3n) is 2.55. The van der Waals surface area contributed by atoms with Crippen LogP contribution in [0.2, 0.25) is 0 Å². The number of alkyl halides is 3. The highest BCUT2D eigenvalue weighted by Gasteiger charge is 2.28. The standard InChI is InChI=1S/C14H11F3N2OS/c15-14(16,17)21-12-3-1-10(2-4-12)9-19-13(20)11-5-7-18-8-6-11/h1-8H,9H2,(H,19,20). The minimum atomic E-state index is -4.29. The van der Waals surface area contributed by atoms with Gasteiger partial charge in [0.25, 0.3) is 5.91 Å². The zero-order valence-electron chi connectivity index (χ0n) is 10.7. The molecule has 0 radical (unpaired) electrons. The smallest absolute Gasteiger partial charge is 0.348 e. The third kappa shape index (κ3) is 5.11. The minimum absolute atomic E-state index is 0.117. The van der Waals surface area contributed by atoms with Crippen LogP contribution in [0, 0.1) is 0 Å². The van der Waals surface area contributed by atoms with Crippen LogP contribution in [0.3, 0.4) is 0 Å². The molecule has 0 aliphatic heterocycles. The Balaban J connectivity index is 1.91. The number of benzene rings is 1. The van der Waals surface area contributed by atoms with Gasteiger partial charge in [0.15, 0.2) is 0 Å². The number of hydrogen-bond donors (Lipinski definition) is 1. The fourth-order valence-corrected chi connectivity index (χ4v) is 2.14. The number of pyridine rings is 1. The summed E-state index contributed by atoms with van der Waals surface area (Å²) in [6.07, 6.45) is 3.02. The van der Waals surface area contributed by atoms with Gasteiger partial charge in [0.05, 0.1) is 0 Å². The first-order valence-corrected chi connectivity index (χ1v) is 6.78. The number of amides is 1. The van der Waals surface area contributed by atoms with Crippen molar-refractivity contribution in [2.24, 2.45) is 0 Å². The maximum atomic E-state index is 12.2. The van der Waals surface area contributed by atoms with E-state index in [-0.39, 0.29) is 29.1 Å². The van der Waals surface area contributed by atoms with Gasteiger partial charge in [-0.2, -0.15) is 13.2 Å². The van der Waals surface area contributed by atoms with Crippen LogP contribution < -0.4 is 5.32 Å². The van der Waals surface area contributed by atoms with E-state index in [1.165, 1.54) is 24.5 Å². The van der Waals surface area contributed by atoms with E-state index < -0.39 is 5.51 Å². The molecule has 0 bridgehead atoms. The molecular formula is C14H11F3N2OS. The van der Waals surface area contributed by atoms with Crippen LogP contribution in [0.1, 0.15) is 15.9 Å². The van der Waals surface area contributed by atoms with Crippen molar-refractivity contribution in [3.63, 3.8) is 0 Å². The summed E-state index contributed by atoms with van der Waals surface area (Å²) in [6.45, 7) is 0.248. The second kappa shape index (κ2) is 6.62. The van der Waals surface area contributed by atoms with Crippen molar-refractivity contribution >= 4 is 17.7 Å². The van der Waals surface area contributed by atoms with Crippen LogP contribution in [0.5, 0.6) is 0 Å². The van der Waals surface area contributed by atoms with E-state index in [0.717, 1.165) is 5.56 Å². The van der Waals surface area contributed by atoms with E-state index in [0.29, 0.717) is 5.56 Å². The van der Waals surface area contributed by atoms with Crippen LogP contribution in [-0.2, 0) is 6.54 Å². The fraction of sp³-hybridized carbons (Fsp3) is 0.143. The number of thioether (sulfide) groups is 1. The lowest BCUT2D eigenvalue weighted by Crippen LogP contribution is -2.22. The summed E-state index contributed by atoms with van der Waals surface area (Å²) in [5.74, 6) is -0.258. The van der Waals surface area contributed by atoms with E-state index >= 15 is 0 Å². The van der Waals surface area contributed by atoms with E-state index in [9.17, 15) is 18.0 Å². The lowest BCUT2D eigenvalue weighted by molar-refractivity contribution is -0.0328. The Morgan fingerprint density at radius 3 is 2.29 bits per heavy atom. The average Bonchev–Trinajstić information content (AvgIpc) is 2.45. The molecule has 110 valence electrons. The van der Waals surface area contributed by atoms with E-state index in [2.05, 4.69) is 10.3 Å². The van der Waals surface area contributed by atoms with Crippen LogP contribution in [0.15, 0.2) is 53.7 Å². The number of halogens is 3. The van der Waals surface area contributed by atoms with Crippen LogP contribution in [0.4, 0.5) is 13.2 Å². The Morgan fingerprint density at radius 2 is 1.71 bits per heavy atom. The predicted octanol–water partition coefficient (Wildman–Crippen LogP) is 3.62. The van der Waals surface area contributed by atoms with Crippen molar-refractivity contribution in [3.8, 4) is 0 Å². The molecule has 3 nitrogen and oxygen atoms in total. The van der Waals surface area contributed by atoms with Gasteiger partial charge >= 0.3 is 5.51 Å². The topological polar surface area (TPSA) is 42.0 Å². The largest absolute Gasteiger partial charge is 0.446 e. The Hall–Kier alpha value is -2.02. The third-order valence-corrected chi connectivity index (χ3v) is 3.29. The van der Waals surface area contributed by atoms with Gasteiger partial charge in [-0.25, -0.2) is 0 Å². The Kier molecular flexibility index (Phi) is 4.85. The first-order valence-electron chi connectivity index (χ1n) is 5.97. The molecular weight excluding hydrogens is 301 g/mol. The fourth-order valence-electron chi connectivity index (χ4n) is 1.60. The Morgan fingerprint density at radius 1 is 1.10 bits per heavy atom. The molecule has 1 heterocycles. The molecule has 1 aromatic carbocycles. The zero-order chi connectivity index (χ0) is 15.3. The molecule has 0 saturated carbocycles. The van der Waals surface area contributed by atoms with Crippen LogP contribution >= 0.6 is 11.8 Å². The minimum Gasteiger partial charge on any atom is -0.348 e. The maximum Gasteiger partial charge on any atom is 0.446 e. The molecule has 0 aliphatic rings. The number of nitrogens with zero attached hydrogens (tertiary/aromatic N) is 1. The molecule has 1 amide bonds. The van der Waals surface area contributed by atoms with Crippen molar-refractivity contribution < 1.29 is 18.0 Å². The summed E-state index contributed by atoms with van der Waals surface area (Å²) in [4.78, 5) is 15.7. The molecule has 0 saturated heterocycles. The summed E-state index contributed by atoms with van der Waals surface area (Å²) in [5.41, 5.74) is -3.09. The van der Waals surface area contributed by atoms with Crippen LogP contribution in [0.25, 0.3) is 0 Å². The molecule has 0 spiro atoms. The molecule has 2 aromatic rings. The number of nitrogens with one attached hydrogen (secondary N) is 1. The summed E-state index contributed by atoms with van der Waals surface area (Å²) < 4.78 is 36.6. The number of hydrogen-bond acceptors (Lipinski definition) is 3. The normalized spacial score (nSPS) is 11.2. The van der Waals surface area contributed by atoms with E-state index in [4.69, 9.17) is 0 Å². The van der Waals surface area contributed by atoms with Gasteiger partial charge in [0.2, 0.25) is 0 Å². The number of aromatic nitrogens is 1. The van der Waals surface area contributed by atoms with E-state index in [1.54, 1.807) is 24.3 Å². The molecule has 2 rings (SSSR count). The molecule has 0 fully saturated rings. The van der Waals surface area contributed by atoms with Crippen LogP contribution in [-0.4, -0.2) is 16.4 Å². The molecule has 1 aromatic heterocycles. The van der Waals surface area contributed by atoms with Gasteiger partial charge < -0.3 is 5.32 Å². The molecule has 7 heteroatoms. The summed E-state index contributed by atoms with van der Waals surface area (Å²) in [6, 6.07) is 9.04. The second-order valence-corrected chi connectivity index (χ2v) is 5.25. The molecule has 0 atom stereocenters. The summed E-state index contributed by atoms with van der Waals surface area (Å²) in [7, 11) is 0. The van der Waals surface area contributed by atoms with Crippen molar-refractivity contribution in [2.45, 2.75) is 16.9 Å². The molecule has 1 N–H and O–H groups in total. The van der Waals surface area contributed by atoms with Gasteiger partial charge in [-0.15, -0.1) is 0 Å². The van der Waals surface area contributed by atoms with Gasteiger partial charge in [-0.05, 0) is 41.6 Å². The second-order valence-electron chi connectivity index (χ2n) is 4.11. The van der Waals surface area contributed by atoms with Crippen molar-refractivity contribution in [2.75, 3.05) is 0 Å². The molecule has 0 unspecified atom stereocenters. The van der Waals surface area contributed by atoms with E-state index in [1.807, 2.05) is 0 Å². The zero-order valence-corrected chi connectivity index (χ0v) is 11.5. The Bertz CT molecular complexity index is 600. The average molecular weight is 312 g/mol. The highest BCUT2D eigenvalue weighted by molar-refractivity contribution is 8.00. The lowest BCUT2D eigenvalue weighted by Gasteiger charge is -2.08. The van der Waals surface area contributed by atoms with Gasteiger partial charge in [-0.1, -0.05) is 12.1 Å². The van der Waals surface area contributed by atoms with Crippen molar-refractivity contribution in [1.29, 1.82) is 0 Å². The van der Waals surface area contributed by atoms with Crippen molar-refractivity contribution in [1.82, 2.24) is 10.3 Å². The first kappa shape index (κ1) is 15.4. The monoisotopic (exact) mass is 312 g/mol. The highest BCUT2D eigenvalue weighted by atomic mass is 32.2. The van der Waals surface area contributed by atoms with Gasteiger partial charge in [-0.3, -0.25) is 9.78 Å². The summed E-state index contributed by atoms with van der Waals surface area (Å²) >= 11 is -0.164. The van der Waals surface area contributed by atoms with Gasteiger partial charge in [0, 0.05) is 29.4 Å². The number of rotatable bonds is 4. The maximum absolute atomic E-state index is 12.2. The lowest BCUT2D eigenvalue weighted by atomic mass is 10.2. The SMILES string of the molecule is O=C(NCc1ccc(SC(F)(F)F)cc1)c1ccncc1. The molecule has 0 aliphatic carbocycles. The first-order chi connectivity index (χ1) is 9.94. The predicted molar refractivity (Wildman–Crippen MR) is 73.8 cm³/mol. The van der Waals surface area contributed by atoms with Gasteiger partial charge in [0.1, 0.15) is 0 Å². The quantitative estimate of drug-likeness (QED) is 0.877. The Labute approximate surface area is 123 Å². The van der Waals surface area contributed by atoms with Crippen molar-refractivity contribution in [3.05, 3.63) is 59.9 Å². The summed E-state index contributed by atoms with van der Waals surface area (Å²) in [5, 5.41) is 2.69. The highest BCUT2D eigenvalue weighted by Crippen LogP contribution is 2.36. The number of carbonyl (C=O) groups excluding carboxylic acids is 1. The number of carbonyl (C=O) groups is 1.